The fraction of sp³-hybridized carbons (Fsp3) is 0.455. The van der Waals surface area contributed by atoms with Crippen molar-refractivity contribution in [3.05, 3.63) is 28.3 Å². The van der Waals surface area contributed by atoms with Crippen LogP contribution >= 0.6 is 0 Å². The molecule has 0 saturated carbocycles. The molecule has 1 saturated heterocycles. The van der Waals surface area contributed by atoms with Crippen molar-refractivity contribution in [2.45, 2.75) is 19.1 Å². The number of aliphatic hydroxyl groups is 1. The first-order valence-electron chi connectivity index (χ1n) is 5.26. The highest BCUT2D eigenvalue weighted by Crippen LogP contribution is 2.16. The van der Waals surface area contributed by atoms with Crippen molar-refractivity contribution < 1.29 is 19.1 Å². The van der Waals surface area contributed by atoms with Gasteiger partial charge in [0.25, 0.3) is 5.91 Å². The van der Waals surface area contributed by atoms with E-state index >= 15 is 0 Å². The Hall–Kier alpha value is -1.82. The molecule has 1 aliphatic rings. The molecule has 6 nitrogen and oxygen atoms in total. The van der Waals surface area contributed by atoms with Crippen LogP contribution in [0, 0.1) is 0 Å². The number of likely N-dealkylation sites (N-methyl/N-ethyl adjacent to an activating group) is 1. The molecule has 1 fully saturated rings. The number of ether oxygens (including phenoxy) is 1. The summed E-state index contributed by atoms with van der Waals surface area (Å²) in [5, 5.41) is 8.78. The van der Waals surface area contributed by atoms with Gasteiger partial charge in [-0.05, 0) is 0 Å². The summed E-state index contributed by atoms with van der Waals surface area (Å²) in [5.74, 6) is 0.0173. The molecule has 92 valence electrons. The molecule has 0 aromatic carbocycles. The summed E-state index contributed by atoms with van der Waals surface area (Å²) in [4.78, 5) is 24.7. The van der Waals surface area contributed by atoms with Crippen molar-refractivity contribution in [2.24, 2.45) is 0 Å². The highest BCUT2D eigenvalue weighted by atomic mass is 16.5. The molecule has 2 rings (SSSR count). The molecule has 1 atom stereocenters. The minimum absolute atomic E-state index is 0.00384. The molecule has 0 spiro atoms. The summed E-state index contributed by atoms with van der Waals surface area (Å²) < 4.78 is 10.3. The van der Waals surface area contributed by atoms with Gasteiger partial charge in [-0.25, -0.2) is 0 Å². The van der Waals surface area contributed by atoms with Gasteiger partial charge < -0.3 is 19.2 Å². The molecule has 1 aromatic heterocycles. The van der Waals surface area contributed by atoms with Crippen LogP contribution in [0.25, 0.3) is 0 Å². The van der Waals surface area contributed by atoms with Gasteiger partial charge in [0.05, 0.1) is 0 Å². The van der Waals surface area contributed by atoms with Crippen molar-refractivity contribution in [1.29, 1.82) is 0 Å². The van der Waals surface area contributed by atoms with Crippen molar-refractivity contribution >= 4 is 5.91 Å². The van der Waals surface area contributed by atoms with Crippen molar-refractivity contribution in [3.63, 3.8) is 0 Å². The summed E-state index contributed by atoms with van der Waals surface area (Å²) in [6, 6.07) is 1.15. The third-order valence-corrected chi connectivity index (χ3v) is 2.66. The SMILES string of the molecule is CN1CCC(Oc2coc(CO)cc2=O)C1=O. The smallest absolute Gasteiger partial charge is 0.263 e. The monoisotopic (exact) mass is 239 g/mol. The summed E-state index contributed by atoms with van der Waals surface area (Å²) in [5.41, 5.74) is -0.400. The van der Waals surface area contributed by atoms with Gasteiger partial charge in [-0.2, -0.15) is 0 Å². The lowest BCUT2D eigenvalue weighted by atomic mass is 10.3. The van der Waals surface area contributed by atoms with Gasteiger partial charge in [0.1, 0.15) is 18.6 Å². The van der Waals surface area contributed by atoms with E-state index < -0.39 is 11.5 Å². The van der Waals surface area contributed by atoms with E-state index in [9.17, 15) is 9.59 Å². The molecule has 0 bridgehead atoms. The lowest BCUT2D eigenvalue weighted by molar-refractivity contribution is -0.132. The Morgan fingerprint density at radius 2 is 2.35 bits per heavy atom. The third-order valence-electron chi connectivity index (χ3n) is 2.66. The maximum Gasteiger partial charge on any atom is 0.263 e. The zero-order chi connectivity index (χ0) is 12.4. The van der Waals surface area contributed by atoms with Gasteiger partial charge in [-0.15, -0.1) is 0 Å². The van der Waals surface area contributed by atoms with Crippen LogP contribution in [0.15, 0.2) is 21.5 Å². The Labute approximate surface area is 97.4 Å². The summed E-state index contributed by atoms with van der Waals surface area (Å²) in [7, 11) is 1.68. The first kappa shape index (κ1) is 11.7. The zero-order valence-corrected chi connectivity index (χ0v) is 9.38. The topological polar surface area (TPSA) is 80.0 Å². The molecule has 0 aliphatic carbocycles. The van der Waals surface area contributed by atoms with Crippen LogP contribution in [0.4, 0.5) is 0 Å². The van der Waals surface area contributed by atoms with Crippen LogP contribution in [0.1, 0.15) is 12.2 Å². The molecular weight excluding hydrogens is 226 g/mol. The fourth-order valence-corrected chi connectivity index (χ4v) is 1.66. The normalized spacial score (nSPS) is 19.8. The van der Waals surface area contributed by atoms with E-state index in [2.05, 4.69) is 0 Å². The largest absolute Gasteiger partial charge is 0.473 e. The summed E-state index contributed by atoms with van der Waals surface area (Å²) in [6.07, 6.45) is 1.05. The minimum Gasteiger partial charge on any atom is -0.473 e. The number of hydrogen-bond donors (Lipinski definition) is 1. The molecule has 0 radical (unpaired) electrons. The van der Waals surface area contributed by atoms with E-state index in [-0.39, 0.29) is 24.0 Å². The maximum atomic E-state index is 11.6. The molecule has 1 aromatic rings. The molecule has 2 heterocycles. The fourth-order valence-electron chi connectivity index (χ4n) is 1.66. The molecule has 1 amide bonds. The van der Waals surface area contributed by atoms with Gasteiger partial charge in [-0.3, -0.25) is 9.59 Å². The van der Waals surface area contributed by atoms with E-state index in [1.54, 1.807) is 11.9 Å². The number of likely N-dealkylation sites (tertiary alicyclic amines) is 1. The highest BCUT2D eigenvalue weighted by Gasteiger charge is 2.31. The van der Waals surface area contributed by atoms with Crippen LogP contribution in [0.5, 0.6) is 5.75 Å². The van der Waals surface area contributed by atoms with E-state index in [4.69, 9.17) is 14.3 Å². The predicted octanol–water partition coefficient (Wildman–Crippen LogP) is -0.258. The van der Waals surface area contributed by atoms with Crippen LogP contribution in [-0.4, -0.2) is 35.6 Å². The number of aliphatic hydroxyl groups excluding tert-OH is 1. The van der Waals surface area contributed by atoms with Gasteiger partial charge in [-0.1, -0.05) is 0 Å². The van der Waals surface area contributed by atoms with Gasteiger partial charge in [0.15, 0.2) is 6.10 Å². The van der Waals surface area contributed by atoms with Crippen LogP contribution in [0.2, 0.25) is 0 Å². The lowest BCUT2D eigenvalue weighted by Crippen LogP contribution is -2.30. The molecule has 6 heteroatoms. The molecule has 17 heavy (non-hydrogen) atoms. The number of hydrogen-bond acceptors (Lipinski definition) is 5. The zero-order valence-electron chi connectivity index (χ0n) is 9.38. The number of nitrogens with zero attached hydrogens (tertiary/aromatic N) is 1. The predicted molar refractivity (Wildman–Crippen MR) is 57.6 cm³/mol. The average Bonchev–Trinajstić information content (AvgIpc) is 2.63. The Morgan fingerprint density at radius 3 is 2.88 bits per heavy atom. The number of carbonyl (C=O) groups is 1. The first-order valence-corrected chi connectivity index (χ1v) is 5.26. The Kier molecular flexibility index (Phi) is 3.14. The number of rotatable bonds is 3. The second-order valence-electron chi connectivity index (χ2n) is 3.89. The van der Waals surface area contributed by atoms with Crippen LogP contribution in [0.3, 0.4) is 0 Å². The highest BCUT2D eigenvalue weighted by molar-refractivity contribution is 5.83. The van der Waals surface area contributed by atoms with Crippen molar-refractivity contribution in [1.82, 2.24) is 4.90 Å². The van der Waals surface area contributed by atoms with Crippen molar-refractivity contribution in [2.75, 3.05) is 13.6 Å². The third kappa shape index (κ3) is 2.31. The van der Waals surface area contributed by atoms with Crippen LogP contribution in [-0.2, 0) is 11.4 Å². The number of carbonyl (C=O) groups excluding carboxylic acids is 1. The maximum absolute atomic E-state index is 11.6. The quantitative estimate of drug-likeness (QED) is 0.786. The Balaban J connectivity index is 2.14. The summed E-state index contributed by atoms with van der Waals surface area (Å²) in [6.45, 7) is 0.268. The molecule has 1 N–H and O–H groups in total. The second-order valence-corrected chi connectivity index (χ2v) is 3.89. The molecule has 1 aliphatic heterocycles. The van der Waals surface area contributed by atoms with E-state index in [0.717, 1.165) is 12.3 Å². The van der Waals surface area contributed by atoms with Gasteiger partial charge in [0, 0.05) is 26.1 Å². The minimum atomic E-state index is -0.622. The lowest BCUT2D eigenvalue weighted by Gasteiger charge is -2.11. The number of amides is 1. The standard InChI is InChI=1S/C11H13NO5/c1-12-3-2-9(11(12)15)17-10-6-16-7(5-13)4-8(10)14/h4,6,9,13H,2-3,5H2,1H3. The molecule has 1 unspecified atom stereocenters. The summed E-state index contributed by atoms with van der Waals surface area (Å²) >= 11 is 0. The van der Waals surface area contributed by atoms with Gasteiger partial charge in [0.2, 0.25) is 11.2 Å². The van der Waals surface area contributed by atoms with E-state index in [0.29, 0.717) is 13.0 Å². The molecular formula is C11H13NO5. The second kappa shape index (κ2) is 4.58. The first-order chi connectivity index (χ1) is 8.11. The Morgan fingerprint density at radius 1 is 1.59 bits per heavy atom. The van der Waals surface area contributed by atoms with Crippen LogP contribution < -0.4 is 10.2 Å². The van der Waals surface area contributed by atoms with E-state index in [1.165, 1.54) is 0 Å². The van der Waals surface area contributed by atoms with E-state index in [1.807, 2.05) is 0 Å². The van der Waals surface area contributed by atoms with Crippen molar-refractivity contribution in [3.8, 4) is 5.75 Å². The Bertz CT molecular complexity index is 481. The average molecular weight is 239 g/mol. The van der Waals surface area contributed by atoms with Gasteiger partial charge >= 0.3 is 0 Å².